The molecule has 2 unspecified atom stereocenters. The second-order valence-electron chi connectivity index (χ2n) is 5.10. The molecule has 2 rings (SSSR count). The van der Waals surface area contributed by atoms with Gasteiger partial charge in [-0.15, -0.1) is 0 Å². The van der Waals surface area contributed by atoms with Crippen molar-refractivity contribution in [1.29, 1.82) is 0 Å². The molecule has 1 aromatic carbocycles. The molecule has 0 aliphatic carbocycles. The highest BCUT2D eigenvalue weighted by atomic mass is 16.5. The standard InChI is InChI=1S/C15H21NO6/c1-3-12-15(20)16(6-10(19)8-18)11-4-9(7-17)5-13(21-2)14(11)22-12/h4-5,10,12,17-19H,3,6-8H2,1-2H3. The monoisotopic (exact) mass is 311 g/mol. The summed E-state index contributed by atoms with van der Waals surface area (Å²) in [6, 6.07) is 3.26. The van der Waals surface area contributed by atoms with E-state index in [1.807, 2.05) is 6.92 Å². The summed E-state index contributed by atoms with van der Waals surface area (Å²) in [5.41, 5.74) is 0.982. The van der Waals surface area contributed by atoms with Crippen LogP contribution in [0.25, 0.3) is 0 Å². The fourth-order valence-corrected chi connectivity index (χ4v) is 2.40. The third-order valence-electron chi connectivity index (χ3n) is 3.56. The van der Waals surface area contributed by atoms with Crippen LogP contribution in [-0.4, -0.2) is 53.7 Å². The molecule has 0 spiro atoms. The molecule has 22 heavy (non-hydrogen) atoms. The van der Waals surface area contributed by atoms with Gasteiger partial charge in [0.05, 0.1) is 38.7 Å². The summed E-state index contributed by atoms with van der Waals surface area (Å²) in [7, 11) is 1.48. The highest BCUT2D eigenvalue weighted by Crippen LogP contribution is 2.43. The fourth-order valence-electron chi connectivity index (χ4n) is 2.40. The van der Waals surface area contributed by atoms with E-state index in [1.54, 1.807) is 12.1 Å². The van der Waals surface area contributed by atoms with Crippen LogP contribution in [0.1, 0.15) is 18.9 Å². The van der Waals surface area contributed by atoms with Crippen molar-refractivity contribution >= 4 is 11.6 Å². The van der Waals surface area contributed by atoms with E-state index in [-0.39, 0.29) is 19.1 Å². The number of anilines is 1. The lowest BCUT2D eigenvalue weighted by Gasteiger charge is -2.35. The van der Waals surface area contributed by atoms with Crippen LogP contribution < -0.4 is 14.4 Å². The minimum atomic E-state index is -1.06. The Kier molecular flexibility index (Phi) is 5.23. The zero-order valence-electron chi connectivity index (χ0n) is 12.7. The van der Waals surface area contributed by atoms with E-state index in [0.29, 0.717) is 29.2 Å². The fraction of sp³-hybridized carbons (Fsp3) is 0.533. The number of aliphatic hydroxyl groups excluding tert-OH is 3. The molecule has 2 atom stereocenters. The van der Waals surface area contributed by atoms with Gasteiger partial charge in [0, 0.05) is 0 Å². The van der Waals surface area contributed by atoms with Crippen molar-refractivity contribution in [3.63, 3.8) is 0 Å². The van der Waals surface area contributed by atoms with Gasteiger partial charge in [0.25, 0.3) is 5.91 Å². The highest BCUT2D eigenvalue weighted by Gasteiger charge is 2.36. The zero-order valence-corrected chi connectivity index (χ0v) is 12.7. The summed E-state index contributed by atoms with van der Waals surface area (Å²) in [6.07, 6.45) is -1.27. The van der Waals surface area contributed by atoms with Gasteiger partial charge in [-0.3, -0.25) is 4.79 Å². The van der Waals surface area contributed by atoms with Crippen molar-refractivity contribution in [2.45, 2.75) is 32.2 Å². The van der Waals surface area contributed by atoms with Crippen LogP contribution in [0.2, 0.25) is 0 Å². The molecule has 0 saturated carbocycles. The number of methoxy groups -OCH3 is 1. The van der Waals surface area contributed by atoms with Gasteiger partial charge in [-0.05, 0) is 24.1 Å². The van der Waals surface area contributed by atoms with Gasteiger partial charge >= 0.3 is 0 Å². The van der Waals surface area contributed by atoms with E-state index in [9.17, 15) is 15.0 Å². The number of fused-ring (bicyclic) bond motifs is 1. The van der Waals surface area contributed by atoms with Crippen LogP contribution in [0, 0.1) is 0 Å². The Morgan fingerprint density at radius 2 is 2.14 bits per heavy atom. The predicted molar refractivity (Wildman–Crippen MR) is 79.1 cm³/mol. The first-order valence-electron chi connectivity index (χ1n) is 7.14. The van der Waals surface area contributed by atoms with E-state index in [2.05, 4.69) is 0 Å². The molecule has 7 nitrogen and oxygen atoms in total. The summed E-state index contributed by atoms with van der Waals surface area (Å²) in [4.78, 5) is 13.8. The maximum absolute atomic E-state index is 12.5. The molecule has 1 aromatic rings. The maximum Gasteiger partial charge on any atom is 0.268 e. The van der Waals surface area contributed by atoms with Crippen molar-refractivity contribution in [3.05, 3.63) is 17.7 Å². The zero-order chi connectivity index (χ0) is 16.3. The summed E-state index contributed by atoms with van der Waals surface area (Å²) in [5.74, 6) is 0.520. The highest BCUT2D eigenvalue weighted by molar-refractivity contribution is 6.00. The molecular weight excluding hydrogens is 290 g/mol. The first kappa shape index (κ1) is 16.5. The molecule has 0 bridgehead atoms. The van der Waals surface area contributed by atoms with Crippen LogP contribution in [-0.2, 0) is 11.4 Å². The van der Waals surface area contributed by atoms with Crippen LogP contribution in [0.3, 0.4) is 0 Å². The van der Waals surface area contributed by atoms with Crippen molar-refractivity contribution < 1.29 is 29.6 Å². The Hall–Kier alpha value is -1.83. The lowest BCUT2D eigenvalue weighted by molar-refractivity contribution is -0.127. The third kappa shape index (κ3) is 3.01. The number of aliphatic hydroxyl groups is 3. The smallest absolute Gasteiger partial charge is 0.268 e. The van der Waals surface area contributed by atoms with E-state index >= 15 is 0 Å². The molecule has 0 saturated heterocycles. The normalized spacial score (nSPS) is 18.7. The van der Waals surface area contributed by atoms with Gasteiger partial charge in [-0.2, -0.15) is 0 Å². The van der Waals surface area contributed by atoms with Crippen LogP contribution in [0.15, 0.2) is 12.1 Å². The molecule has 122 valence electrons. The number of rotatable bonds is 6. The first-order chi connectivity index (χ1) is 10.5. The molecule has 1 amide bonds. The van der Waals surface area contributed by atoms with Crippen molar-refractivity contribution in [1.82, 2.24) is 0 Å². The number of ether oxygens (including phenoxy) is 2. The average Bonchev–Trinajstić information content (AvgIpc) is 2.55. The van der Waals surface area contributed by atoms with Gasteiger partial charge in [0.15, 0.2) is 17.6 Å². The van der Waals surface area contributed by atoms with E-state index in [4.69, 9.17) is 14.6 Å². The molecule has 1 aliphatic heterocycles. The van der Waals surface area contributed by atoms with Gasteiger partial charge in [0.1, 0.15) is 0 Å². The van der Waals surface area contributed by atoms with Gasteiger partial charge in [0.2, 0.25) is 0 Å². The lowest BCUT2D eigenvalue weighted by atomic mass is 10.1. The summed E-state index contributed by atoms with van der Waals surface area (Å²) in [6.45, 7) is 1.10. The molecule has 3 N–H and O–H groups in total. The molecular formula is C15H21NO6. The van der Waals surface area contributed by atoms with Crippen molar-refractivity contribution in [2.75, 3.05) is 25.2 Å². The Bertz CT molecular complexity index is 547. The number of benzene rings is 1. The quantitative estimate of drug-likeness (QED) is 0.686. The number of nitrogens with zero attached hydrogens (tertiary/aromatic N) is 1. The SMILES string of the molecule is CCC1Oc2c(OC)cc(CO)cc2N(CC(O)CO)C1=O. The minimum absolute atomic E-state index is 0.0553. The second-order valence-corrected chi connectivity index (χ2v) is 5.10. The van der Waals surface area contributed by atoms with Gasteiger partial charge < -0.3 is 29.7 Å². The maximum atomic E-state index is 12.5. The molecule has 7 heteroatoms. The topological polar surface area (TPSA) is 99.5 Å². The molecule has 0 fully saturated rings. The van der Waals surface area contributed by atoms with E-state index in [0.717, 1.165) is 0 Å². The van der Waals surface area contributed by atoms with Gasteiger partial charge in [-0.1, -0.05) is 6.92 Å². The van der Waals surface area contributed by atoms with Crippen molar-refractivity contribution in [2.24, 2.45) is 0 Å². The largest absolute Gasteiger partial charge is 0.493 e. The Balaban J connectivity index is 2.52. The van der Waals surface area contributed by atoms with Crippen molar-refractivity contribution in [3.8, 4) is 11.5 Å². The predicted octanol–water partition coefficient (Wildman–Crippen LogP) is 0.0447. The van der Waals surface area contributed by atoms with Crippen LogP contribution in [0.4, 0.5) is 5.69 Å². The van der Waals surface area contributed by atoms with Crippen LogP contribution >= 0.6 is 0 Å². The van der Waals surface area contributed by atoms with E-state index < -0.39 is 18.8 Å². The Morgan fingerprint density at radius 3 is 2.68 bits per heavy atom. The second kappa shape index (κ2) is 6.95. The minimum Gasteiger partial charge on any atom is -0.493 e. The number of hydrogen-bond acceptors (Lipinski definition) is 6. The first-order valence-corrected chi connectivity index (χ1v) is 7.14. The molecule has 1 aliphatic rings. The summed E-state index contributed by atoms with van der Waals surface area (Å²) >= 11 is 0. The number of hydrogen-bond donors (Lipinski definition) is 3. The molecule has 1 heterocycles. The average molecular weight is 311 g/mol. The molecule has 0 aromatic heterocycles. The van der Waals surface area contributed by atoms with E-state index in [1.165, 1.54) is 12.0 Å². The van der Waals surface area contributed by atoms with Crippen LogP contribution in [0.5, 0.6) is 11.5 Å². The number of carbonyl (C=O) groups is 1. The Labute approximate surface area is 128 Å². The number of carbonyl (C=O) groups excluding carboxylic acids is 1. The molecule has 0 radical (unpaired) electrons. The number of β-amino-alcohol motifs (C(OH)–C–C–N with tert-alkyl or cyclic N) is 1. The van der Waals surface area contributed by atoms with Gasteiger partial charge in [-0.25, -0.2) is 0 Å². The Morgan fingerprint density at radius 1 is 1.41 bits per heavy atom. The third-order valence-corrected chi connectivity index (χ3v) is 3.56. The number of amides is 1. The summed E-state index contributed by atoms with van der Waals surface area (Å²) in [5, 5.41) is 28.1. The lowest BCUT2D eigenvalue weighted by Crippen LogP contribution is -2.49. The summed E-state index contributed by atoms with van der Waals surface area (Å²) < 4.78 is 11.0.